The number of carbonyl (C=O) groups is 1. The molecule has 4 heteroatoms. The molecule has 0 aromatic carbocycles. The van der Waals surface area contributed by atoms with Crippen molar-refractivity contribution in [2.24, 2.45) is 5.73 Å². The molecule has 14 heavy (non-hydrogen) atoms. The van der Waals surface area contributed by atoms with E-state index >= 15 is 0 Å². The Hall–Kier alpha value is -1.42. The summed E-state index contributed by atoms with van der Waals surface area (Å²) >= 11 is 0. The van der Waals surface area contributed by atoms with E-state index in [0.29, 0.717) is 13.0 Å². The molecule has 3 N–H and O–H groups in total. The first kappa shape index (κ1) is 10.7. The van der Waals surface area contributed by atoms with Crippen LogP contribution in [0.4, 0.5) is 5.69 Å². The summed E-state index contributed by atoms with van der Waals surface area (Å²) in [5, 5.41) is 2.78. The van der Waals surface area contributed by atoms with E-state index < -0.39 is 0 Å². The van der Waals surface area contributed by atoms with Gasteiger partial charge in [-0.25, -0.2) is 0 Å². The standard InChI is InChI=1S/C10H15N3O/c11-6-2-1-3-10(14)13-9-4-7-12-8-5-9/h4-5,7-8H,1-3,6,11H2,(H,12,13,14). The van der Waals surface area contributed by atoms with Crippen LogP contribution in [0.15, 0.2) is 24.5 Å². The van der Waals surface area contributed by atoms with Gasteiger partial charge in [0.25, 0.3) is 0 Å². The number of anilines is 1. The van der Waals surface area contributed by atoms with Crippen molar-refractivity contribution in [2.75, 3.05) is 11.9 Å². The van der Waals surface area contributed by atoms with Gasteiger partial charge in [-0.3, -0.25) is 9.78 Å². The number of nitrogens with one attached hydrogen (secondary N) is 1. The fraction of sp³-hybridized carbons (Fsp3) is 0.400. The quantitative estimate of drug-likeness (QED) is 0.689. The molecule has 1 heterocycles. The van der Waals surface area contributed by atoms with Crippen LogP contribution in [0.3, 0.4) is 0 Å². The molecule has 4 nitrogen and oxygen atoms in total. The first-order chi connectivity index (χ1) is 6.83. The highest BCUT2D eigenvalue weighted by Crippen LogP contribution is 2.04. The van der Waals surface area contributed by atoms with Crippen LogP contribution in [0.1, 0.15) is 19.3 Å². The summed E-state index contributed by atoms with van der Waals surface area (Å²) in [6.45, 7) is 0.641. The molecule has 1 aromatic heterocycles. The fourth-order valence-electron chi connectivity index (χ4n) is 1.09. The second-order valence-corrected chi connectivity index (χ2v) is 3.03. The lowest BCUT2D eigenvalue weighted by Crippen LogP contribution is -2.11. The smallest absolute Gasteiger partial charge is 0.224 e. The van der Waals surface area contributed by atoms with Crippen molar-refractivity contribution in [3.63, 3.8) is 0 Å². The first-order valence-corrected chi connectivity index (χ1v) is 4.73. The van der Waals surface area contributed by atoms with Crippen LogP contribution in [0.25, 0.3) is 0 Å². The van der Waals surface area contributed by atoms with E-state index in [4.69, 9.17) is 5.73 Å². The van der Waals surface area contributed by atoms with Gasteiger partial charge in [-0.2, -0.15) is 0 Å². The normalized spacial score (nSPS) is 9.79. The van der Waals surface area contributed by atoms with Crippen molar-refractivity contribution >= 4 is 11.6 Å². The SMILES string of the molecule is NCCCCC(=O)Nc1ccncc1. The fourth-order valence-corrected chi connectivity index (χ4v) is 1.09. The predicted molar refractivity (Wildman–Crippen MR) is 55.8 cm³/mol. The van der Waals surface area contributed by atoms with Crippen LogP contribution in [-0.2, 0) is 4.79 Å². The largest absolute Gasteiger partial charge is 0.330 e. The molecule has 1 rings (SSSR count). The predicted octanol–water partition coefficient (Wildman–Crippen LogP) is 1.15. The van der Waals surface area contributed by atoms with E-state index in [0.717, 1.165) is 18.5 Å². The molecule has 0 saturated carbocycles. The lowest BCUT2D eigenvalue weighted by atomic mass is 10.2. The molecule has 0 spiro atoms. The summed E-state index contributed by atoms with van der Waals surface area (Å²) < 4.78 is 0. The van der Waals surface area contributed by atoms with Gasteiger partial charge < -0.3 is 11.1 Å². The van der Waals surface area contributed by atoms with Gasteiger partial charge in [-0.05, 0) is 31.5 Å². The summed E-state index contributed by atoms with van der Waals surface area (Å²) in [5.41, 5.74) is 6.12. The zero-order valence-corrected chi connectivity index (χ0v) is 8.07. The zero-order valence-electron chi connectivity index (χ0n) is 8.07. The highest BCUT2D eigenvalue weighted by Gasteiger charge is 2.00. The van der Waals surface area contributed by atoms with E-state index in [9.17, 15) is 4.79 Å². The van der Waals surface area contributed by atoms with Gasteiger partial charge in [0.2, 0.25) is 5.91 Å². The number of amides is 1. The number of rotatable bonds is 5. The zero-order chi connectivity index (χ0) is 10.2. The molecule has 0 saturated heterocycles. The Kier molecular flexibility index (Phi) is 4.64. The number of nitrogens with two attached hydrogens (primary N) is 1. The van der Waals surface area contributed by atoms with Crippen LogP contribution in [0, 0.1) is 0 Å². The molecule has 0 fully saturated rings. The summed E-state index contributed by atoms with van der Waals surface area (Å²) in [4.78, 5) is 15.2. The average molecular weight is 193 g/mol. The average Bonchev–Trinajstić information content (AvgIpc) is 2.20. The van der Waals surface area contributed by atoms with Crippen molar-refractivity contribution in [1.82, 2.24) is 4.98 Å². The lowest BCUT2D eigenvalue weighted by molar-refractivity contribution is -0.116. The maximum atomic E-state index is 11.3. The third-order valence-corrected chi connectivity index (χ3v) is 1.82. The summed E-state index contributed by atoms with van der Waals surface area (Å²) in [5.74, 6) is 0.0321. The minimum atomic E-state index is 0.0321. The third-order valence-electron chi connectivity index (χ3n) is 1.82. The molecule has 0 atom stereocenters. The Morgan fingerprint density at radius 1 is 1.36 bits per heavy atom. The minimum Gasteiger partial charge on any atom is -0.330 e. The van der Waals surface area contributed by atoms with Gasteiger partial charge in [-0.15, -0.1) is 0 Å². The highest BCUT2D eigenvalue weighted by molar-refractivity contribution is 5.90. The van der Waals surface area contributed by atoms with E-state index in [-0.39, 0.29) is 5.91 Å². The topological polar surface area (TPSA) is 68.0 Å². The van der Waals surface area contributed by atoms with Crippen LogP contribution in [-0.4, -0.2) is 17.4 Å². The Morgan fingerprint density at radius 2 is 2.07 bits per heavy atom. The molecular weight excluding hydrogens is 178 g/mol. The molecule has 1 amide bonds. The lowest BCUT2D eigenvalue weighted by Gasteiger charge is -2.03. The molecule has 0 aliphatic carbocycles. The number of nitrogens with zero attached hydrogens (tertiary/aromatic N) is 1. The Morgan fingerprint density at radius 3 is 2.71 bits per heavy atom. The Labute approximate surface area is 83.5 Å². The van der Waals surface area contributed by atoms with Crippen LogP contribution in [0.2, 0.25) is 0 Å². The second-order valence-electron chi connectivity index (χ2n) is 3.03. The molecule has 0 unspecified atom stereocenters. The van der Waals surface area contributed by atoms with Crippen LogP contribution < -0.4 is 11.1 Å². The van der Waals surface area contributed by atoms with Gasteiger partial charge in [0.05, 0.1) is 0 Å². The van der Waals surface area contributed by atoms with Gasteiger partial charge in [-0.1, -0.05) is 0 Å². The van der Waals surface area contributed by atoms with Gasteiger partial charge >= 0.3 is 0 Å². The molecule has 0 radical (unpaired) electrons. The second kappa shape index (κ2) is 6.10. The van der Waals surface area contributed by atoms with Crippen LogP contribution in [0.5, 0.6) is 0 Å². The number of pyridine rings is 1. The maximum absolute atomic E-state index is 11.3. The molecule has 0 aliphatic rings. The monoisotopic (exact) mass is 193 g/mol. The summed E-state index contributed by atoms with van der Waals surface area (Å²) in [7, 11) is 0. The van der Waals surface area contributed by atoms with Gasteiger partial charge in [0, 0.05) is 24.5 Å². The van der Waals surface area contributed by atoms with Crippen molar-refractivity contribution in [3.05, 3.63) is 24.5 Å². The molecule has 0 aliphatic heterocycles. The van der Waals surface area contributed by atoms with E-state index in [2.05, 4.69) is 10.3 Å². The molecule has 1 aromatic rings. The summed E-state index contributed by atoms with van der Waals surface area (Å²) in [6, 6.07) is 3.53. The minimum absolute atomic E-state index is 0.0321. The maximum Gasteiger partial charge on any atom is 0.224 e. The van der Waals surface area contributed by atoms with Crippen molar-refractivity contribution < 1.29 is 4.79 Å². The molecule has 0 bridgehead atoms. The van der Waals surface area contributed by atoms with Crippen molar-refractivity contribution in [1.29, 1.82) is 0 Å². The Bertz CT molecular complexity index is 274. The first-order valence-electron chi connectivity index (χ1n) is 4.73. The van der Waals surface area contributed by atoms with E-state index in [1.807, 2.05) is 0 Å². The highest BCUT2D eigenvalue weighted by atomic mass is 16.1. The third kappa shape index (κ3) is 4.00. The molecular formula is C10H15N3O. The molecule has 76 valence electrons. The van der Waals surface area contributed by atoms with Gasteiger partial charge in [0.15, 0.2) is 0 Å². The van der Waals surface area contributed by atoms with Gasteiger partial charge in [0.1, 0.15) is 0 Å². The van der Waals surface area contributed by atoms with E-state index in [1.165, 1.54) is 0 Å². The van der Waals surface area contributed by atoms with E-state index in [1.54, 1.807) is 24.5 Å². The summed E-state index contributed by atoms with van der Waals surface area (Å²) in [6.07, 6.45) is 5.56. The Balaban J connectivity index is 2.27. The van der Waals surface area contributed by atoms with Crippen molar-refractivity contribution in [2.45, 2.75) is 19.3 Å². The number of unbranched alkanes of at least 4 members (excludes halogenated alkanes) is 1. The number of carbonyl (C=O) groups excluding carboxylic acids is 1. The van der Waals surface area contributed by atoms with Crippen molar-refractivity contribution in [3.8, 4) is 0 Å². The number of aromatic nitrogens is 1. The number of hydrogen-bond donors (Lipinski definition) is 2. The van der Waals surface area contributed by atoms with Crippen LogP contribution >= 0.6 is 0 Å². The number of hydrogen-bond acceptors (Lipinski definition) is 3.